The molecule has 0 radical (unpaired) electrons. The zero-order valence-corrected chi connectivity index (χ0v) is 16.4. The van der Waals surface area contributed by atoms with Crippen molar-refractivity contribution >= 4 is 17.6 Å². The fourth-order valence-electron chi connectivity index (χ4n) is 3.54. The van der Waals surface area contributed by atoms with Gasteiger partial charge in [-0.2, -0.15) is 0 Å². The van der Waals surface area contributed by atoms with E-state index in [0.717, 1.165) is 23.6 Å². The zero-order chi connectivity index (χ0) is 22.0. The summed E-state index contributed by atoms with van der Waals surface area (Å²) in [5, 5.41) is 15.2. The summed E-state index contributed by atoms with van der Waals surface area (Å²) < 4.78 is 26.5. The molecule has 158 valence electrons. The molecule has 0 unspecified atom stereocenters. The van der Waals surface area contributed by atoms with Crippen molar-refractivity contribution in [3.63, 3.8) is 0 Å². The highest BCUT2D eigenvalue weighted by molar-refractivity contribution is 6.04. The van der Waals surface area contributed by atoms with Gasteiger partial charge in [0.25, 0.3) is 5.91 Å². The molecular weight excluding hydrogens is 402 g/mol. The Kier molecular flexibility index (Phi) is 5.77. The topological polar surface area (TPSA) is 78.4 Å². The molecule has 4 rings (SSSR count). The van der Waals surface area contributed by atoms with E-state index in [2.05, 4.69) is 10.6 Å². The van der Waals surface area contributed by atoms with E-state index in [1.165, 1.54) is 18.2 Å². The molecule has 3 aromatic carbocycles. The van der Waals surface area contributed by atoms with Crippen molar-refractivity contribution in [2.75, 3.05) is 5.32 Å². The monoisotopic (exact) mass is 422 g/mol. The van der Waals surface area contributed by atoms with Crippen LogP contribution in [0.4, 0.5) is 14.5 Å². The summed E-state index contributed by atoms with van der Waals surface area (Å²) in [5.74, 6) is -2.95. The molecule has 0 spiro atoms. The van der Waals surface area contributed by atoms with Gasteiger partial charge in [-0.1, -0.05) is 24.3 Å². The number of halogens is 2. The number of carboxylic acid groups (broad SMARTS) is 1. The average Bonchev–Trinajstić information content (AvgIpc) is 3.54. The Morgan fingerprint density at radius 1 is 0.935 bits per heavy atom. The van der Waals surface area contributed by atoms with Gasteiger partial charge in [-0.25, -0.2) is 13.6 Å². The maximum Gasteiger partial charge on any atom is 0.335 e. The summed E-state index contributed by atoms with van der Waals surface area (Å²) in [6, 6.07) is 17.3. The molecule has 3 aromatic rings. The number of carbonyl (C=O) groups excluding carboxylic acids is 1. The molecule has 2 atom stereocenters. The van der Waals surface area contributed by atoms with Crippen LogP contribution in [0.1, 0.15) is 44.2 Å². The van der Waals surface area contributed by atoms with E-state index in [-0.39, 0.29) is 23.4 Å². The smallest absolute Gasteiger partial charge is 0.335 e. The van der Waals surface area contributed by atoms with Crippen molar-refractivity contribution in [2.24, 2.45) is 0 Å². The van der Waals surface area contributed by atoms with Crippen LogP contribution in [0.25, 0.3) is 0 Å². The van der Waals surface area contributed by atoms with Gasteiger partial charge in [-0.05, 0) is 60.0 Å². The molecule has 0 bridgehead atoms. The molecule has 5 nitrogen and oxygen atoms in total. The average molecular weight is 422 g/mol. The number of nitrogens with one attached hydrogen (secondary N) is 2. The van der Waals surface area contributed by atoms with Crippen LogP contribution in [0, 0.1) is 11.6 Å². The van der Waals surface area contributed by atoms with E-state index >= 15 is 0 Å². The quantitative estimate of drug-likeness (QED) is 0.522. The second-order valence-electron chi connectivity index (χ2n) is 7.54. The first-order valence-electron chi connectivity index (χ1n) is 9.82. The van der Waals surface area contributed by atoms with Crippen LogP contribution >= 0.6 is 0 Å². The van der Waals surface area contributed by atoms with Crippen molar-refractivity contribution in [2.45, 2.75) is 24.9 Å². The fraction of sp³-hybridized carbons (Fsp3) is 0.167. The Hall–Kier alpha value is -3.58. The molecule has 7 heteroatoms. The predicted molar refractivity (Wildman–Crippen MR) is 112 cm³/mol. The van der Waals surface area contributed by atoms with Crippen molar-refractivity contribution in [1.82, 2.24) is 5.32 Å². The number of aromatic carboxylic acids is 1. The van der Waals surface area contributed by atoms with Gasteiger partial charge in [0.1, 0.15) is 0 Å². The van der Waals surface area contributed by atoms with E-state index in [1.807, 2.05) is 6.07 Å². The first kappa shape index (κ1) is 20.7. The number of benzene rings is 3. The van der Waals surface area contributed by atoms with Crippen LogP contribution in [0.3, 0.4) is 0 Å². The van der Waals surface area contributed by atoms with Crippen LogP contribution in [-0.2, 0) is 6.54 Å². The van der Waals surface area contributed by atoms with Crippen molar-refractivity contribution in [3.8, 4) is 0 Å². The Balaban J connectivity index is 1.35. The van der Waals surface area contributed by atoms with Crippen LogP contribution < -0.4 is 10.6 Å². The van der Waals surface area contributed by atoms with Crippen LogP contribution in [0.15, 0.2) is 66.7 Å². The summed E-state index contributed by atoms with van der Waals surface area (Å²) in [6.45, 7) is 0.528. The summed E-state index contributed by atoms with van der Waals surface area (Å²) >= 11 is 0. The third kappa shape index (κ3) is 4.95. The van der Waals surface area contributed by atoms with Crippen LogP contribution in [-0.4, -0.2) is 23.0 Å². The number of hydrogen-bond acceptors (Lipinski definition) is 3. The minimum Gasteiger partial charge on any atom is -0.478 e. The van der Waals surface area contributed by atoms with Crippen LogP contribution in [0.5, 0.6) is 0 Å². The molecule has 0 heterocycles. The second-order valence-corrected chi connectivity index (χ2v) is 7.54. The standard InChI is InChI=1S/C24H20F2N2O3/c25-20-8-7-15(11-21(20)26)19-12-22(19)27-13-14-3-1-4-16(9-14)23(29)28-18-6-2-5-17(10-18)24(30)31/h1-11,19,22,27H,12-13H2,(H,28,29)(H,30,31)/t19-,22+/m0/s1. The number of anilines is 1. The van der Waals surface area contributed by atoms with E-state index in [9.17, 15) is 18.4 Å². The first-order chi connectivity index (χ1) is 14.9. The Morgan fingerprint density at radius 2 is 1.71 bits per heavy atom. The van der Waals surface area contributed by atoms with Gasteiger partial charge in [0.05, 0.1) is 5.56 Å². The Labute approximate surface area is 177 Å². The van der Waals surface area contributed by atoms with E-state index < -0.39 is 17.6 Å². The van der Waals surface area contributed by atoms with Gasteiger partial charge in [0, 0.05) is 29.8 Å². The van der Waals surface area contributed by atoms with Crippen molar-refractivity contribution in [1.29, 1.82) is 0 Å². The van der Waals surface area contributed by atoms with E-state index in [1.54, 1.807) is 36.4 Å². The third-order valence-corrected chi connectivity index (χ3v) is 5.29. The Bertz CT molecular complexity index is 1150. The highest BCUT2D eigenvalue weighted by Gasteiger charge is 2.38. The Morgan fingerprint density at radius 3 is 2.48 bits per heavy atom. The molecule has 1 aliphatic carbocycles. The minimum absolute atomic E-state index is 0.0933. The summed E-state index contributed by atoms with van der Waals surface area (Å²) in [4.78, 5) is 23.6. The van der Waals surface area contributed by atoms with Crippen molar-refractivity contribution < 1.29 is 23.5 Å². The minimum atomic E-state index is -1.06. The molecule has 31 heavy (non-hydrogen) atoms. The number of rotatable bonds is 7. The van der Waals surface area contributed by atoms with Gasteiger partial charge in [0.15, 0.2) is 11.6 Å². The lowest BCUT2D eigenvalue weighted by Gasteiger charge is -2.09. The number of hydrogen-bond donors (Lipinski definition) is 3. The molecule has 1 saturated carbocycles. The second kappa shape index (κ2) is 8.65. The first-order valence-corrected chi connectivity index (χ1v) is 9.82. The summed E-state index contributed by atoms with van der Waals surface area (Å²) in [6.07, 6.45) is 0.838. The SMILES string of the molecule is O=C(O)c1cccc(NC(=O)c2cccc(CN[C@@H]3C[C@H]3c3ccc(F)c(F)c3)c2)c1. The van der Waals surface area contributed by atoms with Gasteiger partial charge in [0.2, 0.25) is 0 Å². The maximum absolute atomic E-state index is 13.4. The van der Waals surface area contributed by atoms with Crippen molar-refractivity contribution in [3.05, 3.63) is 101 Å². The zero-order valence-electron chi connectivity index (χ0n) is 16.4. The van der Waals surface area contributed by atoms with E-state index in [0.29, 0.717) is 17.8 Å². The highest BCUT2D eigenvalue weighted by atomic mass is 19.2. The summed E-state index contributed by atoms with van der Waals surface area (Å²) in [5.41, 5.74) is 2.63. The number of carbonyl (C=O) groups is 2. The highest BCUT2D eigenvalue weighted by Crippen LogP contribution is 2.41. The molecule has 0 aliphatic heterocycles. The molecule has 3 N–H and O–H groups in total. The van der Waals surface area contributed by atoms with Gasteiger partial charge in [-0.15, -0.1) is 0 Å². The molecule has 0 saturated heterocycles. The van der Waals surface area contributed by atoms with Gasteiger partial charge in [-0.3, -0.25) is 4.79 Å². The van der Waals surface area contributed by atoms with E-state index in [4.69, 9.17) is 5.11 Å². The predicted octanol–water partition coefficient (Wildman–Crippen LogP) is 4.56. The number of amides is 1. The maximum atomic E-state index is 13.4. The lowest BCUT2D eigenvalue weighted by Crippen LogP contribution is -2.18. The molecular formula is C24H20F2N2O3. The van der Waals surface area contributed by atoms with Crippen LogP contribution in [0.2, 0.25) is 0 Å². The molecule has 0 aromatic heterocycles. The lowest BCUT2D eigenvalue weighted by atomic mass is 10.1. The van der Waals surface area contributed by atoms with Gasteiger partial charge < -0.3 is 15.7 Å². The molecule has 1 amide bonds. The molecule has 1 fully saturated rings. The molecule has 1 aliphatic rings. The third-order valence-electron chi connectivity index (χ3n) is 5.29. The lowest BCUT2D eigenvalue weighted by molar-refractivity contribution is 0.0696. The summed E-state index contributed by atoms with van der Waals surface area (Å²) in [7, 11) is 0. The fourth-order valence-corrected chi connectivity index (χ4v) is 3.54. The largest absolute Gasteiger partial charge is 0.478 e. The normalized spacial score (nSPS) is 17.2. The number of carboxylic acids is 1. The van der Waals surface area contributed by atoms with Gasteiger partial charge >= 0.3 is 5.97 Å².